The van der Waals surface area contributed by atoms with Crippen molar-refractivity contribution in [1.29, 1.82) is 0 Å². The number of ketones is 1. The average molecular weight is 501 g/mol. The third kappa shape index (κ3) is 5.24. The van der Waals surface area contributed by atoms with Crippen molar-refractivity contribution in [1.82, 2.24) is 9.29 Å². The molecule has 2 aromatic carbocycles. The minimum atomic E-state index is -3.98. The first-order valence-corrected chi connectivity index (χ1v) is 12.7. The van der Waals surface area contributed by atoms with Crippen LogP contribution >= 0.6 is 0 Å². The molecule has 0 spiro atoms. The summed E-state index contributed by atoms with van der Waals surface area (Å²) >= 11 is 0. The molecule has 0 bridgehead atoms. The number of H-pyrrole nitrogens is 1. The van der Waals surface area contributed by atoms with E-state index in [2.05, 4.69) is 4.98 Å². The molecular formula is C25H28N2O7S. The smallest absolute Gasteiger partial charge is 0.252 e. The monoisotopic (exact) mass is 500 g/mol. The van der Waals surface area contributed by atoms with Gasteiger partial charge in [-0.3, -0.25) is 9.59 Å². The van der Waals surface area contributed by atoms with E-state index in [4.69, 9.17) is 14.2 Å². The van der Waals surface area contributed by atoms with Crippen molar-refractivity contribution in [3.63, 3.8) is 0 Å². The number of aromatic amines is 1. The number of benzene rings is 2. The Kier molecular flexibility index (Phi) is 7.25. The van der Waals surface area contributed by atoms with Crippen LogP contribution in [-0.2, 0) is 21.3 Å². The van der Waals surface area contributed by atoms with E-state index in [0.717, 1.165) is 12.8 Å². The number of aromatic nitrogens is 1. The number of hydrogen-bond donors (Lipinski definition) is 1. The van der Waals surface area contributed by atoms with Gasteiger partial charge in [0.25, 0.3) is 5.56 Å². The number of ether oxygens (including phenoxy) is 3. The summed E-state index contributed by atoms with van der Waals surface area (Å²) in [5, 5.41) is 0.678. The molecule has 0 amide bonds. The highest BCUT2D eigenvalue weighted by atomic mass is 32.2. The van der Waals surface area contributed by atoms with Crippen molar-refractivity contribution in [3.05, 3.63) is 63.9 Å². The first kappa shape index (κ1) is 24.9. The van der Waals surface area contributed by atoms with Gasteiger partial charge in [-0.25, -0.2) is 8.42 Å². The van der Waals surface area contributed by atoms with Gasteiger partial charge in [-0.2, -0.15) is 4.31 Å². The van der Waals surface area contributed by atoms with Gasteiger partial charge in [-0.1, -0.05) is 12.1 Å². The quantitative estimate of drug-likeness (QED) is 0.449. The van der Waals surface area contributed by atoms with Crippen molar-refractivity contribution in [2.24, 2.45) is 0 Å². The molecule has 1 aliphatic heterocycles. The highest BCUT2D eigenvalue weighted by Crippen LogP contribution is 2.31. The molecule has 0 unspecified atom stereocenters. The molecule has 1 aromatic heterocycles. The zero-order valence-electron chi connectivity index (χ0n) is 19.9. The summed E-state index contributed by atoms with van der Waals surface area (Å²) < 4.78 is 44.8. The molecule has 10 heteroatoms. The zero-order chi connectivity index (χ0) is 25.2. The van der Waals surface area contributed by atoms with Crippen LogP contribution in [0.15, 0.2) is 52.2 Å². The van der Waals surface area contributed by atoms with E-state index in [1.165, 1.54) is 49.7 Å². The van der Waals surface area contributed by atoms with Crippen LogP contribution in [-0.4, -0.2) is 57.0 Å². The third-order valence-electron chi connectivity index (χ3n) is 6.10. The van der Waals surface area contributed by atoms with Crippen LogP contribution in [0.4, 0.5) is 0 Å². The van der Waals surface area contributed by atoms with E-state index in [9.17, 15) is 18.0 Å². The van der Waals surface area contributed by atoms with Gasteiger partial charge in [-0.05, 0) is 44.0 Å². The zero-order valence-corrected chi connectivity index (χ0v) is 20.7. The molecule has 1 saturated heterocycles. The number of pyridine rings is 1. The minimum absolute atomic E-state index is 0.0455. The molecule has 1 fully saturated rings. The first-order valence-electron chi connectivity index (χ1n) is 11.2. The van der Waals surface area contributed by atoms with Crippen molar-refractivity contribution < 1.29 is 27.4 Å². The lowest BCUT2D eigenvalue weighted by molar-refractivity contribution is 0.0925. The summed E-state index contributed by atoms with van der Waals surface area (Å²) in [4.78, 5) is 27.4. The Morgan fingerprint density at radius 1 is 1.11 bits per heavy atom. The van der Waals surface area contributed by atoms with Gasteiger partial charge in [0, 0.05) is 42.3 Å². The minimum Gasteiger partial charge on any atom is -0.493 e. The molecule has 0 saturated carbocycles. The SMILES string of the molecule is COc1cc2cc(CN(C[C@@H]3CCCO3)S(=O)(=O)c3ccc(C(C)=O)cc3)c(=O)[nH]c2cc1OC. The summed E-state index contributed by atoms with van der Waals surface area (Å²) in [7, 11) is -0.954. The van der Waals surface area contributed by atoms with Gasteiger partial charge < -0.3 is 19.2 Å². The molecular weight excluding hydrogens is 472 g/mol. The summed E-state index contributed by atoms with van der Waals surface area (Å²) in [6, 6.07) is 10.9. The molecule has 2 heterocycles. The number of methoxy groups -OCH3 is 2. The van der Waals surface area contributed by atoms with Crippen LogP contribution in [0.25, 0.3) is 10.9 Å². The number of fused-ring (bicyclic) bond motifs is 1. The summed E-state index contributed by atoms with van der Waals surface area (Å²) in [5.74, 6) is 0.812. The summed E-state index contributed by atoms with van der Waals surface area (Å²) in [6.07, 6.45) is 1.33. The highest BCUT2D eigenvalue weighted by molar-refractivity contribution is 7.89. The van der Waals surface area contributed by atoms with Crippen LogP contribution in [0.5, 0.6) is 11.5 Å². The average Bonchev–Trinajstić information content (AvgIpc) is 3.36. The molecule has 1 N–H and O–H groups in total. The maximum absolute atomic E-state index is 13.6. The number of sulfonamides is 1. The number of hydrogen-bond acceptors (Lipinski definition) is 7. The van der Waals surface area contributed by atoms with Crippen LogP contribution in [0.2, 0.25) is 0 Å². The van der Waals surface area contributed by atoms with Crippen LogP contribution in [0, 0.1) is 0 Å². The van der Waals surface area contributed by atoms with E-state index in [0.29, 0.717) is 34.6 Å². The van der Waals surface area contributed by atoms with E-state index >= 15 is 0 Å². The van der Waals surface area contributed by atoms with Gasteiger partial charge in [0.1, 0.15) is 0 Å². The van der Waals surface area contributed by atoms with Crippen LogP contribution < -0.4 is 15.0 Å². The molecule has 1 aliphatic rings. The Bertz CT molecular complexity index is 1390. The summed E-state index contributed by atoms with van der Waals surface area (Å²) in [5.41, 5.74) is 0.852. The Balaban J connectivity index is 1.73. The molecule has 35 heavy (non-hydrogen) atoms. The molecule has 186 valence electrons. The number of rotatable bonds is 9. The lowest BCUT2D eigenvalue weighted by Gasteiger charge is -2.25. The standard InChI is InChI=1S/C25H28N2O7S/c1-16(28)17-6-8-21(9-7-17)35(30,31)27(15-20-5-4-10-34-20)14-19-11-18-12-23(32-2)24(33-3)13-22(18)26-25(19)29/h6-9,11-13,20H,4-5,10,14-15H2,1-3H3,(H,26,29)/t20-/m0/s1. The Morgan fingerprint density at radius 3 is 2.40 bits per heavy atom. The first-order chi connectivity index (χ1) is 16.7. The van der Waals surface area contributed by atoms with Crippen molar-refractivity contribution in [2.45, 2.75) is 37.3 Å². The third-order valence-corrected chi connectivity index (χ3v) is 7.93. The molecule has 9 nitrogen and oxygen atoms in total. The lowest BCUT2D eigenvalue weighted by Crippen LogP contribution is -2.38. The van der Waals surface area contributed by atoms with E-state index < -0.39 is 15.6 Å². The number of nitrogens with zero attached hydrogens (tertiary/aromatic N) is 1. The topological polar surface area (TPSA) is 115 Å². The number of carbonyl (C=O) groups is 1. The van der Waals surface area contributed by atoms with Crippen LogP contribution in [0.3, 0.4) is 0 Å². The second-order valence-electron chi connectivity index (χ2n) is 8.43. The lowest BCUT2D eigenvalue weighted by atomic mass is 10.1. The second kappa shape index (κ2) is 10.2. The van der Waals surface area contributed by atoms with E-state index in [1.807, 2.05) is 0 Å². The largest absolute Gasteiger partial charge is 0.493 e. The fourth-order valence-electron chi connectivity index (χ4n) is 4.16. The van der Waals surface area contributed by atoms with Gasteiger partial charge >= 0.3 is 0 Å². The number of carbonyl (C=O) groups excluding carboxylic acids is 1. The Hall–Kier alpha value is -3.21. The van der Waals surface area contributed by atoms with Gasteiger partial charge in [-0.15, -0.1) is 0 Å². The molecule has 3 aromatic rings. The van der Waals surface area contributed by atoms with Gasteiger partial charge in [0.2, 0.25) is 10.0 Å². The highest BCUT2D eigenvalue weighted by Gasteiger charge is 2.30. The predicted molar refractivity (Wildman–Crippen MR) is 131 cm³/mol. The van der Waals surface area contributed by atoms with E-state index in [-0.39, 0.29) is 35.4 Å². The van der Waals surface area contributed by atoms with E-state index in [1.54, 1.807) is 18.2 Å². The van der Waals surface area contributed by atoms with Crippen molar-refractivity contribution in [3.8, 4) is 11.5 Å². The van der Waals surface area contributed by atoms with Crippen LogP contribution in [0.1, 0.15) is 35.7 Å². The molecule has 0 aliphatic carbocycles. The molecule has 0 radical (unpaired) electrons. The maximum Gasteiger partial charge on any atom is 0.252 e. The van der Waals surface area contributed by atoms with Gasteiger partial charge in [0.15, 0.2) is 17.3 Å². The van der Waals surface area contributed by atoms with Crippen molar-refractivity contribution >= 4 is 26.7 Å². The van der Waals surface area contributed by atoms with Gasteiger partial charge in [0.05, 0.1) is 30.7 Å². The summed E-state index contributed by atoms with van der Waals surface area (Å²) in [6.45, 7) is 1.96. The molecule has 1 atom stereocenters. The predicted octanol–water partition coefficient (Wildman–Crippen LogP) is 3.12. The fourth-order valence-corrected chi connectivity index (χ4v) is 5.61. The normalized spacial score (nSPS) is 16.1. The Labute approximate surface area is 203 Å². The maximum atomic E-state index is 13.6. The number of nitrogens with one attached hydrogen (secondary N) is 1. The number of Topliss-reactive ketones (excluding diaryl/α,β-unsaturated/α-hetero) is 1. The molecule has 4 rings (SSSR count). The fraction of sp³-hybridized carbons (Fsp3) is 0.360. The second-order valence-corrected chi connectivity index (χ2v) is 10.4. The van der Waals surface area contributed by atoms with Crippen molar-refractivity contribution in [2.75, 3.05) is 27.4 Å². The Morgan fingerprint density at radius 2 is 1.80 bits per heavy atom.